The van der Waals surface area contributed by atoms with Crippen molar-refractivity contribution >= 4 is 0 Å². The van der Waals surface area contributed by atoms with Gasteiger partial charge in [0.05, 0.1) is 6.07 Å². The summed E-state index contributed by atoms with van der Waals surface area (Å²) in [5.74, 6) is 2.35. The van der Waals surface area contributed by atoms with Crippen LogP contribution < -0.4 is 0 Å². The minimum atomic E-state index is 0.289. The largest absolute Gasteiger partial charge is 0.339 e. The molecule has 1 fully saturated rings. The summed E-state index contributed by atoms with van der Waals surface area (Å²) in [7, 11) is 0. The molecule has 0 spiro atoms. The molecular formula is C14H21N3O. The molecule has 4 nitrogen and oxygen atoms in total. The molecule has 98 valence electrons. The van der Waals surface area contributed by atoms with Crippen LogP contribution in [0.15, 0.2) is 4.52 Å². The zero-order chi connectivity index (χ0) is 12.8. The van der Waals surface area contributed by atoms with Gasteiger partial charge in [-0.05, 0) is 18.8 Å². The maximum absolute atomic E-state index is 8.64. The molecule has 1 aliphatic carbocycles. The summed E-state index contributed by atoms with van der Waals surface area (Å²) in [4.78, 5) is 4.51. The Balaban J connectivity index is 1.94. The first-order chi connectivity index (χ1) is 8.79. The van der Waals surface area contributed by atoms with Crippen molar-refractivity contribution in [1.29, 1.82) is 5.26 Å². The SMILES string of the molecule is CC(CC#N)Cc1nc(C2CCCCCC2)no1. The third kappa shape index (κ3) is 3.56. The first-order valence-electron chi connectivity index (χ1n) is 6.99. The van der Waals surface area contributed by atoms with Crippen LogP contribution >= 0.6 is 0 Å². The average molecular weight is 247 g/mol. The van der Waals surface area contributed by atoms with Crippen LogP contribution in [0.5, 0.6) is 0 Å². The first kappa shape index (κ1) is 13.1. The fourth-order valence-corrected chi connectivity index (χ4v) is 2.58. The highest BCUT2D eigenvalue weighted by Gasteiger charge is 2.20. The molecule has 18 heavy (non-hydrogen) atoms. The second-order valence-electron chi connectivity index (χ2n) is 5.41. The van der Waals surface area contributed by atoms with Crippen LogP contribution in [0.2, 0.25) is 0 Å². The molecule has 1 heterocycles. The maximum atomic E-state index is 8.64. The van der Waals surface area contributed by atoms with Gasteiger partial charge in [0.1, 0.15) is 0 Å². The quantitative estimate of drug-likeness (QED) is 0.762. The van der Waals surface area contributed by atoms with Gasteiger partial charge < -0.3 is 4.52 Å². The normalized spacial score (nSPS) is 19.1. The van der Waals surface area contributed by atoms with Crippen molar-refractivity contribution in [1.82, 2.24) is 10.1 Å². The number of nitriles is 1. The van der Waals surface area contributed by atoms with Crippen LogP contribution in [0.25, 0.3) is 0 Å². The van der Waals surface area contributed by atoms with Crippen molar-refractivity contribution in [2.24, 2.45) is 5.92 Å². The predicted octanol–water partition coefficient (Wildman–Crippen LogP) is 3.60. The molecule has 1 aromatic heterocycles. The monoisotopic (exact) mass is 247 g/mol. The Labute approximate surface area is 108 Å². The number of nitrogens with zero attached hydrogens (tertiary/aromatic N) is 3. The summed E-state index contributed by atoms with van der Waals surface area (Å²) in [6.45, 7) is 2.04. The standard InChI is InChI=1S/C14H21N3O/c1-11(8-9-15)10-13-16-14(17-18-13)12-6-4-2-3-5-7-12/h11-12H,2-8,10H2,1H3. The lowest BCUT2D eigenvalue weighted by Gasteiger charge is -2.07. The van der Waals surface area contributed by atoms with Gasteiger partial charge in [-0.25, -0.2) is 0 Å². The second kappa shape index (κ2) is 6.53. The minimum Gasteiger partial charge on any atom is -0.339 e. The molecule has 0 bridgehead atoms. The molecule has 0 aromatic carbocycles. The molecule has 0 N–H and O–H groups in total. The van der Waals surface area contributed by atoms with Crippen molar-refractivity contribution in [2.75, 3.05) is 0 Å². The zero-order valence-corrected chi connectivity index (χ0v) is 11.1. The van der Waals surface area contributed by atoms with Gasteiger partial charge in [-0.3, -0.25) is 0 Å². The Kier molecular flexibility index (Phi) is 4.74. The minimum absolute atomic E-state index is 0.289. The van der Waals surface area contributed by atoms with E-state index in [-0.39, 0.29) is 5.92 Å². The second-order valence-corrected chi connectivity index (χ2v) is 5.41. The Bertz CT molecular complexity index is 399. The lowest BCUT2D eigenvalue weighted by Crippen LogP contribution is -2.02. The lowest BCUT2D eigenvalue weighted by molar-refractivity contribution is 0.350. The van der Waals surface area contributed by atoms with E-state index in [2.05, 4.69) is 16.2 Å². The molecule has 0 amide bonds. The van der Waals surface area contributed by atoms with Crippen LogP contribution in [0.3, 0.4) is 0 Å². The number of hydrogen-bond donors (Lipinski definition) is 0. The summed E-state index contributed by atoms with van der Waals surface area (Å²) >= 11 is 0. The molecule has 1 aliphatic rings. The van der Waals surface area contributed by atoms with Crippen molar-refractivity contribution in [3.8, 4) is 6.07 Å². The Morgan fingerprint density at radius 2 is 2.06 bits per heavy atom. The van der Waals surface area contributed by atoms with Crippen LogP contribution in [-0.4, -0.2) is 10.1 Å². The van der Waals surface area contributed by atoms with Gasteiger partial charge in [0.25, 0.3) is 0 Å². The first-order valence-corrected chi connectivity index (χ1v) is 6.99. The van der Waals surface area contributed by atoms with Crippen molar-refractivity contribution < 1.29 is 4.52 Å². The third-order valence-corrected chi connectivity index (χ3v) is 3.67. The zero-order valence-electron chi connectivity index (χ0n) is 11.1. The van der Waals surface area contributed by atoms with E-state index in [9.17, 15) is 0 Å². The van der Waals surface area contributed by atoms with Gasteiger partial charge in [0.15, 0.2) is 5.82 Å². The van der Waals surface area contributed by atoms with Gasteiger partial charge in [0.2, 0.25) is 5.89 Å². The van der Waals surface area contributed by atoms with Gasteiger partial charge in [-0.2, -0.15) is 10.2 Å². The van der Waals surface area contributed by atoms with Gasteiger partial charge in [-0.1, -0.05) is 37.8 Å². The molecule has 1 aromatic rings. The van der Waals surface area contributed by atoms with Gasteiger partial charge in [0, 0.05) is 18.8 Å². The highest BCUT2D eigenvalue weighted by atomic mass is 16.5. The summed E-state index contributed by atoms with van der Waals surface area (Å²) in [6, 6.07) is 2.18. The maximum Gasteiger partial charge on any atom is 0.226 e. The molecule has 0 saturated heterocycles. The van der Waals surface area contributed by atoms with E-state index in [1.807, 2.05) is 6.92 Å². The highest BCUT2D eigenvalue weighted by Crippen LogP contribution is 2.30. The van der Waals surface area contributed by atoms with E-state index in [0.29, 0.717) is 24.7 Å². The number of hydrogen-bond acceptors (Lipinski definition) is 4. The third-order valence-electron chi connectivity index (χ3n) is 3.67. The molecular weight excluding hydrogens is 226 g/mol. The molecule has 0 aliphatic heterocycles. The summed E-state index contributed by atoms with van der Waals surface area (Å²) in [5.41, 5.74) is 0. The predicted molar refractivity (Wildman–Crippen MR) is 67.8 cm³/mol. The molecule has 4 heteroatoms. The van der Waals surface area contributed by atoms with E-state index in [1.54, 1.807) is 0 Å². The van der Waals surface area contributed by atoms with Crippen LogP contribution in [-0.2, 0) is 6.42 Å². The Morgan fingerprint density at radius 3 is 2.72 bits per heavy atom. The highest BCUT2D eigenvalue weighted by molar-refractivity contribution is 4.97. The summed E-state index contributed by atoms with van der Waals surface area (Å²) < 4.78 is 5.31. The van der Waals surface area contributed by atoms with Crippen LogP contribution in [0.4, 0.5) is 0 Å². The fourth-order valence-electron chi connectivity index (χ4n) is 2.58. The van der Waals surface area contributed by atoms with Crippen LogP contribution in [0.1, 0.15) is 69.5 Å². The topological polar surface area (TPSA) is 62.7 Å². The van der Waals surface area contributed by atoms with Gasteiger partial charge >= 0.3 is 0 Å². The fraction of sp³-hybridized carbons (Fsp3) is 0.786. The smallest absolute Gasteiger partial charge is 0.226 e. The van der Waals surface area contributed by atoms with Crippen molar-refractivity contribution in [3.63, 3.8) is 0 Å². The summed E-state index contributed by atoms with van der Waals surface area (Å²) in [5, 5.41) is 12.8. The number of rotatable bonds is 4. The van der Waals surface area contributed by atoms with Gasteiger partial charge in [-0.15, -0.1) is 0 Å². The van der Waals surface area contributed by atoms with E-state index < -0.39 is 0 Å². The Hall–Kier alpha value is -1.37. The summed E-state index contributed by atoms with van der Waals surface area (Å²) in [6.07, 6.45) is 8.85. The number of aromatic nitrogens is 2. The lowest BCUT2D eigenvalue weighted by atomic mass is 10.00. The molecule has 1 saturated carbocycles. The average Bonchev–Trinajstić information content (AvgIpc) is 2.64. The van der Waals surface area contributed by atoms with E-state index >= 15 is 0 Å². The molecule has 0 radical (unpaired) electrons. The van der Waals surface area contributed by atoms with Crippen molar-refractivity contribution in [3.05, 3.63) is 11.7 Å². The van der Waals surface area contributed by atoms with Crippen LogP contribution in [0, 0.1) is 17.2 Å². The van der Waals surface area contributed by atoms with E-state index in [0.717, 1.165) is 5.82 Å². The van der Waals surface area contributed by atoms with E-state index in [1.165, 1.54) is 38.5 Å². The van der Waals surface area contributed by atoms with E-state index in [4.69, 9.17) is 9.78 Å². The molecule has 2 rings (SSSR count). The van der Waals surface area contributed by atoms with Crippen molar-refractivity contribution in [2.45, 2.75) is 64.2 Å². The Morgan fingerprint density at radius 1 is 1.33 bits per heavy atom. The molecule has 1 unspecified atom stereocenters. The molecule has 1 atom stereocenters.